The van der Waals surface area contributed by atoms with Gasteiger partial charge in [-0.25, -0.2) is 15.2 Å². The van der Waals surface area contributed by atoms with E-state index in [1.54, 1.807) is 20.8 Å². The number of aromatic nitrogens is 1. The SMILES string of the molecule is CC(C)(C)OC(=O)NNc1cc(Cl)cnc1Cl. The predicted molar refractivity (Wildman–Crippen MR) is 67.2 cm³/mol. The van der Waals surface area contributed by atoms with Gasteiger partial charge in [-0.05, 0) is 26.8 Å². The molecule has 1 heterocycles. The topological polar surface area (TPSA) is 63.2 Å². The molecule has 0 aromatic carbocycles. The molecule has 7 heteroatoms. The quantitative estimate of drug-likeness (QED) is 0.644. The minimum atomic E-state index is -0.617. The van der Waals surface area contributed by atoms with Gasteiger partial charge in [0.2, 0.25) is 0 Å². The number of carbonyl (C=O) groups excluding carboxylic acids is 1. The summed E-state index contributed by atoms with van der Waals surface area (Å²) < 4.78 is 5.02. The Bertz CT molecular complexity index is 419. The zero-order chi connectivity index (χ0) is 13.1. The van der Waals surface area contributed by atoms with Gasteiger partial charge in [0, 0.05) is 6.20 Å². The van der Waals surface area contributed by atoms with Crippen LogP contribution in [0.15, 0.2) is 12.3 Å². The van der Waals surface area contributed by atoms with E-state index in [0.717, 1.165) is 0 Å². The van der Waals surface area contributed by atoms with Crippen molar-refractivity contribution >= 4 is 35.0 Å². The predicted octanol–water partition coefficient (Wildman–Crippen LogP) is 3.24. The number of amides is 1. The molecule has 1 amide bonds. The van der Waals surface area contributed by atoms with Gasteiger partial charge in [-0.1, -0.05) is 23.2 Å². The molecule has 0 aliphatic rings. The van der Waals surface area contributed by atoms with Gasteiger partial charge in [-0.2, -0.15) is 0 Å². The Morgan fingerprint density at radius 3 is 2.65 bits per heavy atom. The Balaban J connectivity index is 2.56. The molecule has 0 fully saturated rings. The summed E-state index contributed by atoms with van der Waals surface area (Å²) in [6.45, 7) is 5.29. The van der Waals surface area contributed by atoms with E-state index in [-0.39, 0.29) is 5.15 Å². The van der Waals surface area contributed by atoms with E-state index in [2.05, 4.69) is 15.8 Å². The molecule has 17 heavy (non-hydrogen) atoms. The first kappa shape index (κ1) is 13.9. The van der Waals surface area contributed by atoms with Gasteiger partial charge in [0.25, 0.3) is 0 Å². The first-order chi connectivity index (χ1) is 7.78. The number of carbonyl (C=O) groups is 1. The summed E-state index contributed by atoms with van der Waals surface area (Å²) in [5.74, 6) is 0. The fourth-order valence-electron chi connectivity index (χ4n) is 0.932. The van der Waals surface area contributed by atoms with Gasteiger partial charge in [0.1, 0.15) is 5.60 Å². The standard InChI is InChI=1S/C10H13Cl2N3O2/c1-10(2,3)17-9(16)15-14-7-4-6(11)5-13-8(7)12/h4-5,14H,1-3H3,(H,15,16). The molecule has 0 atom stereocenters. The number of ether oxygens (including phenoxy) is 1. The molecule has 1 aromatic heterocycles. The number of nitrogens with one attached hydrogen (secondary N) is 2. The van der Waals surface area contributed by atoms with Crippen LogP contribution in [0.4, 0.5) is 10.5 Å². The van der Waals surface area contributed by atoms with E-state index in [4.69, 9.17) is 27.9 Å². The van der Waals surface area contributed by atoms with Crippen molar-refractivity contribution in [2.45, 2.75) is 26.4 Å². The van der Waals surface area contributed by atoms with E-state index < -0.39 is 11.7 Å². The summed E-state index contributed by atoms with van der Waals surface area (Å²) in [4.78, 5) is 15.1. The molecule has 94 valence electrons. The lowest BCUT2D eigenvalue weighted by atomic mass is 10.2. The summed E-state index contributed by atoms with van der Waals surface area (Å²) in [5, 5.41) is 0.605. The molecule has 0 aliphatic heterocycles. The number of nitrogens with zero attached hydrogens (tertiary/aromatic N) is 1. The maximum Gasteiger partial charge on any atom is 0.426 e. The summed E-state index contributed by atoms with van der Waals surface area (Å²) >= 11 is 11.5. The first-order valence-electron chi connectivity index (χ1n) is 4.84. The van der Waals surface area contributed by atoms with Crippen LogP contribution in [0, 0.1) is 0 Å². The summed E-state index contributed by atoms with van der Waals surface area (Å²) in [6, 6.07) is 1.54. The number of hydrogen-bond donors (Lipinski definition) is 2. The largest absolute Gasteiger partial charge is 0.443 e. The highest BCUT2D eigenvalue weighted by Crippen LogP contribution is 2.21. The van der Waals surface area contributed by atoms with Gasteiger partial charge in [0.05, 0.1) is 10.7 Å². The number of halogens is 2. The second-order valence-corrected chi connectivity index (χ2v) is 5.04. The van der Waals surface area contributed by atoms with Crippen LogP contribution >= 0.6 is 23.2 Å². The number of rotatable bonds is 2. The average Bonchev–Trinajstić information content (AvgIpc) is 2.17. The third-order valence-electron chi connectivity index (χ3n) is 1.50. The van der Waals surface area contributed by atoms with Gasteiger partial charge in [-0.3, -0.25) is 5.43 Å². The van der Waals surface area contributed by atoms with Crippen LogP contribution in [0.5, 0.6) is 0 Å². The van der Waals surface area contributed by atoms with Gasteiger partial charge < -0.3 is 4.74 Å². The van der Waals surface area contributed by atoms with Crippen molar-refractivity contribution in [3.05, 3.63) is 22.4 Å². The van der Waals surface area contributed by atoms with Crippen LogP contribution in [0.1, 0.15) is 20.8 Å². The molecule has 2 N–H and O–H groups in total. The fraction of sp³-hybridized carbons (Fsp3) is 0.400. The molecule has 5 nitrogen and oxygen atoms in total. The Morgan fingerprint density at radius 2 is 2.06 bits per heavy atom. The normalized spacial score (nSPS) is 10.9. The molecule has 0 spiro atoms. The molecule has 0 saturated carbocycles. The second kappa shape index (κ2) is 5.42. The van der Waals surface area contributed by atoms with Crippen LogP contribution in [0.3, 0.4) is 0 Å². The van der Waals surface area contributed by atoms with Crippen molar-refractivity contribution < 1.29 is 9.53 Å². The summed E-state index contributed by atoms with van der Waals surface area (Å²) in [5.41, 5.74) is 4.73. The third kappa shape index (κ3) is 5.10. The average molecular weight is 278 g/mol. The minimum Gasteiger partial charge on any atom is -0.443 e. The van der Waals surface area contributed by atoms with Gasteiger partial charge >= 0.3 is 6.09 Å². The molecule has 0 radical (unpaired) electrons. The van der Waals surface area contributed by atoms with Crippen LogP contribution in [0.2, 0.25) is 10.2 Å². The van der Waals surface area contributed by atoms with Crippen molar-refractivity contribution in [3.63, 3.8) is 0 Å². The van der Waals surface area contributed by atoms with Crippen LogP contribution in [-0.2, 0) is 4.74 Å². The lowest BCUT2D eigenvalue weighted by Crippen LogP contribution is -2.35. The summed E-state index contributed by atoms with van der Waals surface area (Å²) in [7, 11) is 0. The highest BCUT2D eigenvalue weighted by Gasteiger charge is 2.16. The maximum atomic E-state index is 11.3. The second-order valence-electron chi connectivity index (χ2n) is 4.24. The van der Waals surface area contributed by atoms with E-state index in [1.807, 2.05) is 0 Å². The zero-order valence-corrected chi connectivity index (χ0v) is 11.2. The number of anilines is 1. The van der Waals surface area contributed by atoms with Crippen molar-refractivity contribution in [2.24, 2.45) is 0 Å². The van der Waals surface area contributed by atoms with E-state index >= 15 is 0 Å². The third-order valence-corrected chi connectivity index (χ3v) is 2.01. The smallest absolute Gasteiger partial charge is 0.426 e. The molecular weight excluding hydrogens is 265 g/mol. The van der Waals surface area contributed by atoms with E-state index in [9.17, 15) is 4.79 Å². The number of hydrazine groups is 1. The van der Waals surface area contributed by atoms with E-state index in [1.165, 1.54) is 12.3 Å². The Labute approximate surface area is 109 Å². The Kier molecular flexibility index (Phi) is 4.42. The lowest BCUT2D eigenvalue weighted by molar-refractivity contribution is 0.0541. The van der Waals surface area contributed by atoms with Crippen molar-refractivity contribution in [1.29, 1.82) is 0 Å². The van der Waals surface area contributed by atoms with Crippen molar-refractivity contribution in [2.75, 3.05) is 5.43 Å². The van der Waals surface area contributed by atoms with E-state index in [0.29, 0.717) is 10.7 Å². The number of pyridine rings is 1. The van der Waals surface area contributed by atoms with Crippen LogP contribution in [0.25, 0.3) is 0 Å². The van der Waals surface area contributed by atoms with Gasteiger partial charge in [-0.15, -0.1) is 0 Å². The van der Waals surface area contributed by atoms with Gasteiger partial charge in [0.15, 0.2) is 5.15 Å². The summed E-state index contributed by atoms with van der Waals surface area (Å²) in [6.07, 6.45) is 0.788. The molecule has 1 aromatic rings. The Hall–Kier alpha value is -1.20. The Morgan fingerprint density at radius 1 is 1.41 bits per heavy atom. The molecule has 1 rings (SSSR count). The highest BCUT2D eigenvalue weighted by atomic mass is 35.5. The molecule has 0 bridgehead atoms. The highest BCUT2D eigenvalue weighted by molar-refractivity contribution is 6.34. The lowest BCUT2D eigenvalue weighted by Gasteiger charge is -2.20. The van der Waals surface area contributed by atoms with Crippen molar-refractivity contribution in [1.82, 2.24) is 10.4 Å². The molecule has 0 aliphatic carbocycles. The zero-order valence-electron chi connectivity index (χ0n) is 9.67. The molecule has 0 unspecified atom stereocenters. The fourth-order valence-corrected chi connectivity index (χ4v) is 1.24. The van der Waals surface area contributed by atoms with Crippen molar-refractivity contribution in [3.8, 4) is 0 Å². The first-order valence-corrected chi connectivity index (χ1v) is 5.59. The molecule has 0 saturated heterocycles. The van der Waals surface area contributed by atoms with Crippen LogP contribution < -0.4 is 10.9 Å². The number of hydrogen-bond acceptors (Lipinski definition) is 4. The minimum absolute atomic E-state index is 0.199. The molecular formula is C10H13Cl2N3O2. The van der Waals surface area contributed by atoms with Crippen LogP contribution in [-0.4, -0.2) is 16.7 Å². The maximum absolute atomic E-state index is 11.3. The monoisotopic (exact) mass is 277 g/mol.